The summed E-state index contributed by atoms with van der Waals surface area (Å²) >= 11 is 1.28. The first-order chi connectivity index (χ1) is 14.9. The summed E-state index contributed by atoms with van der Waals surface area (Å²) in [4.78, 5) is 36.0. The highest BCUT2D eigenvalue weighted by Gasteiger charge is 2.23. The Morgan fingerprint density at radius 3 is 2.35 bits per heavy atom. The Hall–Kier alpha value is -3.56. The van der Waals surface area contributed by atoms with Crippen molar-refractivity contribution < 1.29 is 19.6 Å². The van der Waals surface area contributed by atoms with E-state index in [1.165, 1.54) is 35.6 Å². The molecule has 1 heterocycles. The van der Waals surface area contributed by atoms with E-state index in [1.807, 2.05) is 30.3 Å². The van der Waals surface area contributed by atoms with Gasteiger partial charge in [-0.05, 0) is 34.7 Å². The van der Waals surface area contributed by atoms with Crippen LogP contribution in [0.2, 0.25) is 0 Å². The largest absolute Gasteiger partial charge is 0.387 e. The lowest BCUT2D eigenvalue weighted by Crippen LogP contribution is -2.48. The molecule has 0 saturated heterocycles. The van der Waals surface area contributed by atoms with E-state index in [0.29, 0.717) is 10.4 Å². The molecule has 2 atom stereocenters. The first kappa shape index (κ1) is 22.1. The molecular formula is C22H21N3O5S. The molecular weight excluding hydrogens is 418 g/mol. The average Bonchev–Trinajstić information content (AvgIpc) is 3.32. The number of nitro groups is 1. The Labute approximate surface area is 182 Å². The summed E-state index contributed by atoms with van der Waals surface area (Å²) < 4.78 is 0. The molecule has 0 bridgehead atoms. The molecule has 2 amide bonds. The maximum atomic E-state index is 12.8. The second-order valence-electron chi connectivity index (χ2n) is 6.80. The normalized spacial score (nSPS) is 12.5. The van der Waals surface area contributed by atoms with Crippen LogP contribution in [0.25, 0.3) is 0 Å². The zero-order valence-electron chi connectivity index (χ0n) is 16.4. The van der Waals surface area contributed by atoms with Gasteiger partial charge in [-0.15, -0.1) is 11.3 Å². The van der Waals surface area contributed by atoms with Gasteiger partial charge in [0.1, 0.15) is 6.04 Å². The number of non-ortho nitro benzene ring substituents is 1. The number of thiophene rings is 1. The number of benzene rings is 2. The molecule has 0 aliphatic carbocycles. The summed E-state index contributed by atoms with van der Waals surface area (Å²) in [5, 5.41) is 28.3. The van der Waals surface area contributed by atoms with Crippen molar-refractivity contribution in [2.45, 2.75) is 18.6 Å². The fraction of sp³-hybridized carbons (Fsp3) is 0.182. The molecule has 9 heteroatoms. The third-order valence-corrected chi connectivity index (χ3v) is 5.48. The molecule has 1 aromatic heterocycles. The predicted octanol–water partition coefficient (Wildman–Crippen LogP) is 2.85. The predicted molar refractivity (Wildman–Crippen MR) is 117 cm³/mol. The van der Waals surface area contributed by atoms with Crippen LogP contribution < -0.4 is 10.6 Å². The summed E-state index contributed by atoms with van der Waals surface area (Å²) in [7, 11) is 0. The number of aliphatic hydroxyl groups excluding tert-OH is 1. The molecule has 0 aliphatic heterocycles. The van der Waals surface area contributed by atoms with Crippen molar-refractivity contribution in [1.29, 1.82) is 0 Å². The second kappa shape index (κ2) is 10.5. The number of aliphatic hydroxyl groups is 1. The first-order valence-electron chi connectivity index (χ1n) is 9.52. The lowest BCUT2D eigenvalue weighted by molar-refractivity contribution is -0.384. The molecule has 31 heavy (non-hydrogen) atoms. The Morgan fingerprint density at radius 2 is 1.74 bits per heavy atom. The van der Waals surface area contributed by atoms with Gasteiger partial charge >= 0.3 is 0 Å². The van der Waals surface area contributed by atoms with Gasteiger partial charge in [-0.2, -0.15) is 0 Å². The van der Waals surface area contributed by atoms with Gasteiger partial charge in [-0.1, -0.05) is 36.4 Å². The van der Waals surface area contributed by atoms with Gasteiger partial charge in [-0.3, -0.25) is 19.7 Å². The molecule has 0 unspecified atom stereocenters. The van der Waals surface area contributed by atoms with Crippen LogP contribution in [0.4, 0.5) is 5.69 Å². The van der Waals surface area contributed by atoms with Crippen LogP contribution in [0.15, 0.2) is 72.1 Å². The van der Waals surface area contributed by atoms with Crippen molar-refractivity contribution in [2.24, 2.45) is 0 Å². The third kappa shape index (κ3) is 6.21. The standard InChI is InChI=1S/C22H21N3O5S/c26-19(16-8-10-17(11-9-16)25(29)30)14-23-21(27)18(13-15-5-2-1-3-6-15)24-22(28)20-7-4-12-31-20/h1-12,18-19,26H,13-14H2,(H,23,27)(H,24,28)/t18-,19-/m0/s1. The summed E-state index contributed by atoms with van der Waals surface area (Å²) in [6.07, 6.45) is -0.757. The number of hydrogen-bond donors (Lipinski definition) is 3. The van der Waals surface area contributed by atoms with E-state index < -0.39 is 23.0 Å². The Morgan fingerprint density at radius 1 is 1.03 bits per heavy atom. The Kier molecular flexibility index (Phi) is 7.47. The molecule has 0 aliphatic rings. The molecule has 0 spiro atoms. The van der Waals surface area contributed by atoms with E-state index in [1.54, 1.807) is 17.5 Å². The van der Waals surface area contributed by atoms with Crippen LogP contribution in [0.1, 0.15) is 26.9 Å². The summed E-state index contributed by atoms with van der Waals surface area (Å²) in [6.45, 7) is -0.100. The van der Waals surface area contributed by atoms with E-state index in [9.17, 15) is 24.8 Å². The lowest BCUT2D eigenvalue weighted by atomic mass is 10.0. The highest BCUT2D eigenvalue weighted by molar-refractivity contribution is 7.12. The van der Waals surface area contributed by atoms with E-state index >= 15 is 0 Å². The minimum atomic E-state index is -1.05. The van der Waals surface area contributed by atoms with Crippen LogP contribution in [-0.2, 0) is 11.2 Å². The Balaban J connectivity index is 1.65. The molecule has 0 saturated carbocycles. The molecule has 8 nitrogen and oxygen atoms in total. The van der Waals surface area contributed by atoms with Crippen LogP contribution in [0, 0.1) is 10.1 Å². The van der Waals surface area contributed by atoms with Crippen molar-refractivity contribution in [3.8, 4) is 0 Å². The lowest BCUT2D eigenvalue weighted by Gasteiger charge is -2.20. The highest BCUT2D eigenvalue weighted by Crippen LogP contribution is 2.17. The molecule has 3 rings (SSSR count). The van der Waals surface area contributed by atoms with E-state index in [4.69, 9.17) is 0 Å². The van der Waals surface area contributed by atoms with Crippen LogP contribution >= 0.6 is 11.3 Å². The van der Waals surface area contributed by atoms with Crippen LogP contribution in [-0.4, -0.2) is 34.4 Å². The number of hydrogen-bond acceptors (Lipinski definition) is 6. The number of nitro benzene ring substituents is 1. The van der Waals surface area contributed by atoms with Gasteiger partial charge in [0.15, 0.2) is 0 Å². The second-order valence-corrected chi connectivity index (χ2v) is 7.75. The summed E-state index contributed by atoms with van der Waals surface area (Å²) in [5.41, 5.74) is 1.23. The van der Waals surface area contributed by atoms with E-state index in [2.05, 4.69) is 10.6 Å². The van der Waals surface area contributed by atoms with Crippen molar-refractivity contribution in [3.63, 3.8) is 0 Å². The van der Waals surface area contributed by atoms with Crippen LogP contribution in [0.3, 0.4) is 0 Å². The number of carbonyl (C=O) groups is 2. The molecule has 160 valence electrons. The van der Waals surface area contributed by atoms with Crippen molar-refractivity contribution in [3.05, 3.63) is 98.2 Å². The minimum absolute atomic E-state index is 0.0841. The number of nitrogens with zero attached hydrogens (tertiary/aromatic N) is 1. The zero-order chi connectivity index (χ0) is 22.2. The zero-order valence-corrected chi connectivity index (χ0v) is 17.2. The van der Waals surface area contributed by atoms with Gasteiger partial charge in [0, 0.05) is 25.1 Å². The molecule has 0 radical (unpaired) electrons. The Bertz CT molecular complexity index is 1020. The topological polar surface area (TPSA) is 122 Å². The number of nitrogens with one attached hydrogen (secondary N) is 2. The molecule has 2 aromatic carbocycles. The van der Waals surface area contributed by atoms with E-state index in [-0.39, 0.29) is 24.6 Å². The number of rotatable bonds is 9. The quantitative estimate of drug-likeness (QED) is 0.350. The van der Waals surface area contributed by atoms with Crippen molar-refractivity contribution in [1.82, 2.24) is 10.6 Å². The first-order valence-corrected chi connectivity index (χ1v) is 10.4. The minimum Gasteiger partial charge on any atom is -0.387 e. The maximum Gasteiger partial charge on any atom is 0.269 e. The summed E-state index contributed by atoms with van der Waals surface area (Å²) in [6, 6.07) is 17.4. The SMILES string of the molecule is O=C(N[C@@H](Cc1ccccc1)C(=O)NC[C@H](O)c1ccc([N+](=O)[O-])cc1)c1cccs1. The highest BCUT2D eigenvalue weighted by atomic mass is 32.1. The van der Waals surface area contributed by atoms with Crippen molar-refractivity contribution >= 4 is 28.8 Å². The smallest absolute Gasteiger partial charge is 0.269 e. The van der Waals surface area contributed by atoms with Gasteiger partial charge in [0.25, 0.3) is 11.6 Å². The van der Waals surface area contributed by atoms with E-state index in [0.717, 1.165) is 5.56 Å². The monoisotopic (exact) mass is 439 g/mol. The van der Waals surface area contributed by atoms with Gasteiger partial charge in [0.05, 0.1) is 15.9 Å². The van der Waals surface area contributed by atoms with Gasteiger partial charge < -0.3 is 15.7 Å². The fourth-order valence-electron chi connectivity index (χ4n) is 2.95. The molecule has 0 fully saturated rings. The van der Waals surface area contributed by atoms with Gasteiger partial charge in [0.2, 0.25) is 5.91 Å². The number of carbonyl (C=O) groups excluding carboxylic acids is 2. The average molecular weight is 439 g/mol. The van der Waals surface area contributed by atoms with Crippen molar-refractivity contribution in [2.75, 3.05) is 6.54 Å². The van der Waals surface area contributed by atoms with Gasteiger partial charge in [-0.25, -0.2) is 0 Å². The maximum absolute atomic E-state index is 12.8. The molecule has 3 N–H and O–H groups in total. The molecule has 3 aromatic rings. The third-order valence-electron chi connectivity index (χ3n) is 4.61. The fourth-order valence-corrected chi connectivity index (χ4v) is 3.58. The number of amides is 2. The van der Waals surface area contributed by atoms with Crippen LogP contribution in [0.5, 0.6) is 0 Å². The summed E-state index contributed by atoms with van der Waals surface area (Å²) in [5.74, 6) is -0.781.